The summed E-state index contributed by atoms with van der Waals surface area (Å²) >= 11 is 3.29. The topological polar surface area (TPSA) is 90.9 Å². The molecule has 118 valence electrons. The van der Waals surface area contributed by atoms with Crippen LogP contribution in [0.1, 0.15) is 5.69 Å². The van der Waals surface area contributed by atoms with Crippen LogP contribution in [0.3, 0.4) is 0 Å². The Morgan fingerprint density at radius 1 is 1.04 bits per heavy atom. The summed E-state index contributed by atoms with van der Waals surface area (Å²) in [5.41, 5.74) is 7.42. The summed E-state index contributed by atoms with van der Waals surface area (Å²) in [6.07, 6.45) is 0. The van der Waals surface area contributed by atoms with E-state index in [0.29, 0.717) is 17.1 Å². The lowest BCUT2D eigenvalue weighted by molar-refractivity contribution is 0.591. The van der Waals surface area contributed by atoms with E-state index < -0.39 is 9.84 Å². The van der Waals surface area contributed by atoms with Crippen LogP contribution in [0.2, 0.25) is 0 Å². The molecule has 0 aliphatic carbocycles. The van der Waals surface area contributed by atoms with E-state index in [1.54, 1.807) is 43.3 Å². The van der Waals surface area contributed by atoms with Crippen molar-refractivity contribution in [2.45, 2.75) is 16.8 Å². The zero-order valence-corrected chi connectivity index (χ0v) is 14.5. The number of nitrogen functional groups attached to an aromatic ring is 1. The van der Waals surface area contributed by atoms with Crippen molar-refractivity contribution in [3.8, 4) is 5.69 Å². The Bertz CT molecular complexity index is 948. The first-order valence-corrected chi connectivity index (χ1v) is 8.96. The monoisotopic (exact) mass is 392 g/mol. The highest BCUT2D eigenvalue weighted by molar-refractivity contribution is 9.10. The van der Waals surface area contributed by atoms with Gasteiger partial charge < -0.3 is 5.73 Å². The van der Waals surface area contributed by atoms with E-state index >= 15 is 0 Å². The van der Waals surface area contributed by atoms with Crippen molar-refractivity contribution >= 4 is 31.5 Å². The number of benzene rings is 2. The number of halogens is 1. The fourth-order valence-corrected chi connectivity index (χ4v) is 3.75. The highest BCUT2D eigenvalue weighted by Crippen LogP contribution is 2.24. The maximum Gasteiger partial charge on any atom is 0.227 e. The van der Waals surface area contributed by atoms with Crippen molar-refractivity contribution in [3.63, 3.8) is 0 Å². The van der Waals surface area contributed by atoms with E-state index in [0.717, 1.165) is 4.47 Å². The molecule has 3 aromatic rings. The first-order chi connectivity index (χ1) is 10.9. The molecule has 0 amide bonds. The van der Waals surface area contributed by atoms with E-state index in [1.807, 2.05) is 0 Å². The average molecular weight is 393 g/mol. The third kappa shape index (κ3) is 2.87. The van der Waals surface area contributed by atoms with Crippen LogP contribution < -0.4 is 5.73 Å². The molecule has 0 fully saturated rings. The van der Waals surface area contributed by atoms with Gasteiger partial charge in [-0.3, -0.25) is 0 Å². The Hall–Kier alpha value is -2.19. The Morgan fingerprint density at radius 3 is 2.26 bits per heavy atom. The van der Waals surface area contributed by atoms with Gasteiger partial charge in [0.2, 0.25) is 14.9 Å². The van der Waals surface area contributed by atoms with Gasteiger partial charge in [0, 0.05) is 10.2 Å². The summed E-state index contributed by atoms with van der Waals surface area (Å²) in [5, 5.41) is 7.77. The van der Waals surface area contributed by atoms with Crippen LogP contribution in [0.5, 0.6) is 0 Å². The molecule has 0 saturated heterocycles. The Kier molecular flexibility index (Phi) is 3.95. The van der Waals surface area contributed by atoms with Gasteiger partial charge in [-0.05, 0) is 55.5 Å². The smallest absolute Gasteiger partial charge is 0.227 e. The largest absolute Gasteiger partial charge is 0.399 e. The van der Waals surface area contributed by atoms with Crippen molar-refractivity contribution in [1.29, 1.82) is 0 Å². The molecule has 3 rings (SSSR count). The van der Waals surface area contributed by atoms with Crippen LogP contribution in [0.25, 0.3) is 5.69 Å². The number of hydrogen-bond acceptors (Lipinski definition) is 5. The number of aromatic nitrogens is 3. The van der Waals surface area contributed by atoms with E-state index in [2.05, 4.69) is 26.2 Å². The zero-order chi connectivity index (χ0) is 16.6. The molecule has 0 bridgehead atoms. The molecule has 0 aliphatic heterocycles. The Labute approximate surface area is 142 Å². The van der Waals surface area contributed by atoms with Gasteiger partial charge in [0.05, 0.1) is 16.3 Å². The minimum absolute atomic E-state index is 0.0587. The molecule has 1 heterocycles. The van der Waals surface area contributed by atoms with Gasteiger partial charge >= 0.3 is 0 Å². The molecular formula is C15H13BrN4O2S. The van der Waals surface area contributed by atoms with Crippen molar-refractivity contribution in [2.24, 2.45) is 0 Å². The maximum atomic E-state index is 12.7. The molecule has 2 N–H and O–H groups in total. The van der Waals surface area contributed by atoms with E-state index in [4.69, 9.17) is 5.73 Å². The summed E-state index contributed by atoms with van der Waals surface area (Å²) in [6.45, 7) is 1.67. The molecule has 2 aromatic carbocycles. The van der Waals surface area contributed by atoms with Gasteiger partial charge in [0.1, 0.15) is 0 Å². The molecule has 23 heavy (non-hydrogen) atoms. The maximum absolute atomic E-state index is 12.7. The fourth-order valence-electron chi connectivity index (χ4n) is 2.15. The molecule has 0 aliphatic rings. The zero-order valence-electron chi connectivity index (χ0n) is 12.1. The highest BCUT2D eigenvalue weighted by Gasteiger charge is 2.25. The van der Waals surface area contributed by atoms with Gasteiger partial charge in [-0.25, -0.2) is 13.1 Å². The van der Waals surface area contributed by atoms with Crippen molar-refractivity contribution < 1.29 is 8.42 Å². The van der Waals surface area contributed by atoms with Gasteiger partial charge in [-0.15, -0.1) is 5.10 Å². The summed E-state index contributed by atoms with van der Waals surface area (Å²) in [5.74, 6) is 0. The van der Waals surface area contributed by atoms with Crippen molar-refractivity contribution in [2.75, 3.05) is 5.73 Å². The highest BCUT2D eigenvalue weighted by atomic mass is 79.9. The number of rotatable bonds is 3. The third-order valence-corrected chi connectivity index (χ3v) is 5.68. The normalized spacial score (nSPS) is 11.6. The minimum Gasteiger partial charge on any atom is -0.399 e. The number of sulfone groups is 1. The second kappa shape index (κ2) is 5.78. The quantitative estimate of drug-likeness (QED) is 0.691. The van der Waals surface area contributed by atoms with Crippen molar-refractivity contribution in [3.05, 3.63) is 58.7 Å². The Balaban J connectivity index is 2.08. The lowest BCUT2D eigenvalue weighted by Gasteiger charge is -2.05. The average Bonchev–Trinajstić information content (AvgIpc) is 2.91. The van der Waals surface area contributed by atoms with Gasteiger partial charge in [0.25, 0.3) is 0 Å². The first-order valence-electron chi connectivity index (χ1n) is 6.68. The second-order valence-corrected chi connectivity index (χ2v) is 7.72. The number of hydrogen-bond donors (Lipinski definition) is 1. The van der Waals surface area contributed by atoms with Crippen LogP contribution in [-0.2, 0) is 9.84 Å². The third-order valence-electron chi connectivity index (χ3n) is 3.37. The molecule has 0 spiro atoms. The molecular weight excluding hydrogens is 380 g/mol. The predicted octanol–water partition coefficient (Wildman–Crippen LogP) is 2.75. The molecule has 0 unspecified atom stereocenters. The van der Waals surface area contributed by atoms with Gasteiger partial charge in [0.15, 0.2) is 0 Å². The SMILES string of the molecule is Cc1c(S(=O)(=O)c2ccc(Br)cc2)nnn1-c1ccc(N)cc1. The Morgan fingerprint density at radius 2 is 1.65 bits per heavy atom. The number of anilines is 1. The van der Waals surface area contributed by atoms with Gasteiger partial charge in [-0.2, -0.15) is 0 Å². The standard InChI is InChI=1S/C15H13BrN4O2S/c1-10-15(23(21,22)14-8-2-11(16)3-9-14)18-19-20(10)13-6-4-12(17)5-7-13/h2-9H,17H2,1H3. The number of nitrogens with two attached hydrogens (primary N) is 1. The fraction of sp³-hybridized carbons (Fsp3) is 0.0667. The summed E-state index contributed by atoms with van der Waals surface area (Å²) in [7, 11) is -3.72. The predicted molar refractivity (Wildman–Crippen MR) is 90.1 cm³/mol. The van der Waals surface area contributed by atoms with Gasteiger partial charge in [-0.1, -0.05) is 21.1 Å². The van der Waals surface area contributed by atoms with E-state index in [1.165, 1.54) is 16.8 Å². The van der Waals surface area contributed by atoms with E-state index in [9.17, 15) is 8.42 Å². The molecule has 0 saturated carbocycles. The van der Waals surface area contributed by atoms with Crippen LogP contribution in [0.4, 0.5) is 5.69 Å². The molecule has 0 radical (unpaired) electrons. The summed E-state index contributed by atoms with van der Waals surface area (Å²) in [4.78, 5) is 0.174. The van der Waals surface area contributed by atoms with E-state index in [-0.39, 0.29) is 9.92 Å². The molecule has 0 atom stereocenters. The number of nitrogens with zero attached hydrogens (tertiary/aromatic N) is 3. The molecule has 1 aromatic heterocycles. The van der Waals surface area contributed by atoms with Crippen LogP contribution in [0, 0.1) is 6.92 Å². The molecule has 6 nitrogen and oxygen atoms in total. The lowest BCUT2D eigenvalue weighted by Crippen LogP contribution is -2.05. The first kappa shape index (κ1) is 15.7. The second-order valence-electron chi connectivity index (χ2n) is 4.94. The summed E-state index contributed by atoms with van der Waals surface area (Å²) in [6, 6.07) is 13.4. The lowest BCUT2D eigenvalue weighted by atomic mass is 10.3. The van der Waals surface area contributed by atoms with Crippen LogP contribution in [0.15, 0.2) is 62.9 Å². The van der Waals surface area contributed by atoms with Crippen LogP contribution >= 0.6 is 15.9 Å². The molecule has 8 heteroatoms. The summed E-state index contributed by atoms with van der Waals surface area (Å²) < 4.78 is 27.7. The van der Waals surface area contributed by atoms with Crippen molar-refractivity contribution in [1.82, 2.24) is 15.0 Å². The van der Waals surface area contributed by atoms with Crippen LogP contribution in [-0.4, -0.2) is 23.4 Å². The minimum atomic E-state index is -3.72.